The second-order valence-corrected chi connectivity index (χ2v) is 3.18. The quantitative estimate of drug-likeness (QED) is 0.743. The summed E-state index contributed by atoms with van der Waals surface area (Å²) in [5.41, 5.74) is -0.0953. The summed E-state index contributed by atoms with van der Waals surface area (Å²) in [4.78, 5) is 13.4. The molecule has 1 N–H and O–H groups in total. The molecule has 0 spiro atoms. The van der Waals surface area contributed by atoms with Gasteiger partial charge in [-0.25, -0.2) is 13.2 Å². The van der Waals surface area contributed by atoms with Crippen LogP contribution in [0.15, 0.2) is 35.1 Å². The van der Waals surface area contributed by atoms with E-state index in [0.717, 1.165) is 12.1 Å². The number of rotatable bonds is 1. The van der Waals surface area contributed by atoms with Crippen LogP contribution in [0, 0.1) is 17.5 Å². The van der Waals surface area contributed by atoms with Gasteiger partial charge in [-0.15, -0.1) is 0 Å². The molecule has 0 aliphatic heterocycles. The van der Waals surface area contributed by atoms with Gasteiger partial charge in [-0.2, -0.15) is 0 Å². The zero-order valence-electron chi connectivity index (χ0n) is 7.93. The predicted molar refractivity (Wildman–Crippen MR) is 52.4 cm³/mol. The molecule has 2 rings (SSSR count). The number of nitrogens with one attached hydrogen (secondary N) is 1. The molecule has 0 atom stereocenters. The van der Waals surface area contributed by atoms with Crippen molar-refractivity contribution >= 4 is 0 Å². The van der Waals surface area contributed by atoms with Crippen LogP contribution < -0.4 is 5.56 Å². The zero-order valence-corrected chi connectivity index (χ0v) is 7.93. The minimum Gasteiger partial charge on any atom is -0.322 e. The van der Waals surface area contributed by atoms with E-state index in [-0.39, 0.29) is 11.3 Å². The summed E-state index contributed by atoms with van der Waals surface area (Å²) in [5.74, 6) is -4.11. The van der Waals surface area contributed by atoms with Crippen molar-refractivity contribution in [1.29, 1.82) is 0 Å². The molecule has 0 aliphatic rings. The number of halogens is 3. The van der Waals surface area contributed by atoms with E-state index in [4.69, 9.17) is 0 Å². The third-order valence-electron chi connectivity index (χ3n) is 2.06. The summed E-state index contributed by atoms with van der Waals surface area (Å²) >= 11 is 0. The molecule has 2 nitrogen and oxygen atoms in total. The smallest absolute Gasteiger partial charge is 0.248 e. The average molecular weight is 225 g/mol. The fourth-order valence-electron chi connectivity index (χ4n) is 1.33. The maximum atomic E-state index is 12.9. The molecule has 1 aromatic carbocycles. The van der Waals surface area contributed by atoms with Crippen LogP contribution >= 0.6 is 0 Å². The second-order valence-electron chi connectivity index (χ2n) is 3.18. The Morgan fingerprint density at radius 2 is 1.62 bits per heavy atom. The third kappa shape index (κ3) is 1.84. The van der Waals surface area contributed by atoms with E-state index in [1.807, 2.05) is 0 Å². The van der Waals surface area contributed by atoms with Gasteiger partial charge in [-0.3, -0.25) is 4.79 Å². The van der Waals surface area contributed by atoms with Crippen LogP contribution in [-0.2, 0) is 0 Å². The van der Waals surface area contributed by atoms with E-state index in [2.05, 4.69) is 4.98 Å². The second kappa shape index (κ2) is 3.84. The van der Waals surface area contributed by atoms with Crippen molar-refractivity contribution in [2.24, 2.45) is 0 Å². The van der Waals surface area contributed by atoms with Gasteiger partial charge in [0.1, 0.15) is 0 Å². The molecule has 0 radical (unpaired) electrons. The van der Waals surface area contributed by atoms with Crippen molar-refractivity contribution in [3.63, 3.8) is 0 Å². The summed E-state index contributed by atoms with van der Waals surface area (Å²) in [6.45, 7) is 0. The first-order valence-corrected chi connectivity index (χ1v) is 4.42. The molecule has 16 heavy (non-hydrogen) atoms. The van der Waals surface area contributed by atoms with Crippen molar-refractivity contribution < 1.29 is 13.2 Å². The summed E-state index contributed by atoms with van der Waals surface area (Å²) < 4.78 is 38.5. The van der Waals surface area contributed by atoms with Crippen LogP contribution in [0.1, 0.15) is 0 Å². The minimum absolute atomic E-state index is 0.0779. The van der Waals surface area contributed by atoms with Crippen LogP contribution in [0.25, 0.3) is 11.3 Å². The molecule has 5 heteroatoms. The van der Waals surface area contributed by atoms with Crippen LogP contribution in [0.4, 0.5) is 13.2 Å². The van der Waals surface area contributed by atoms with E-state index in [1.54, 1.807) is 0 Å². The predicted octanol–water partition coefficient (Wildman–Crippen LogP) is 2.46. The van der Waals surface area contributed by atoms with Crippen LogP contribution in [0.5, 0.6) is 0 Å². The number of hydrogen-bond donors (Lipinski definition) is 1. The number of aromatic amines is 1. The number of benzene rings is 1. The van der Waals surface area contributed by atoms with E-state index in [0.29, 0.717) is 0 Å². The van der Waals surface area contributed by atoms with Gasteiger partial charge >= 0.3 is 0 Å². The minimum atomic E-state index is -1.53. The first-order chi connectivity index (χ1) is 7.58. The van der Waals surface area contributed by atoms with Gasteiger partial charge in [0, 0.05) is 17.3 Å². The topological polar surface area (TPSA) is 32.9 Å². The Labute approximate surface area is 88.4 Å². The van der Waals surface area contributed by atoms with E-state index in [9.17, 15) is 18.0 Å². The lowest BCUT2D eigenvalue weighted by Crippen LogP contribution is -2.04. The molecule has 0 saturated carbocycles. The lowest BCUT2D eigenvalue weighted by Gasteiger charge is -2.02. The van der Waals surface area contributed by atoms with E-state index < -0.39 is 23.0 Å². The monoisotopic (exact) mass is 225 g/mol. The highest BCUT2D eigenvalue weighted by atomic mass is 19.2. The number of H-pyrrole nitrogens is 1. The highest BCUT2D eigenvalue weighted by Crippen LogP contribution is 2.21. The molecule has 0 saturated heterocycles. The molecule has 0 aliphatic carbocycles. The van der Waals surface area contributed by atoms with Crippen LogP contribution in [0.3, 0.4) is 0 Å². The SMILES string of the molecule is O=c1cccc(-c2cc(F)c(F)c(F)c2)[nH]1. The largest absolute Gasteiger partial charge is 0.322 e. The molecule has 2 aromatic rings. The molecule has 0 unspecified atom stereocenters. The fourth-order valence-corrected chi connectivity index (χ4v) is 1.33. The molecule has 0 amide bonds. The molecule has 1 heterocycles. The Balaban J connectivity index is 2.61. The lowest BCUT2D eigenvalue weighted by atomic mass is 10.1. The highest BCUT2D eigenvalue weighted by molar-refractivity contribution is 5.58. The van der Waals surface area contributed by atoms with Gasteiger partial charge in [0.2, 0.25) is 5.56 Å². The third-order valence-corrected chi connectivity index (χ3v) is 2.06. The molecular weight excluding hydrogens is 219 g/mol. The Morgan fingerprint density at radius 1 is 1.00 bits per heavy atom. The van der Waals surface area contributed by atoms with Gasteiger partial charge in [-0.1, -0.05) is 6.07 Å². The van der Waals surface area contributed by atoms with Crippen molar-refractivity contribution in [2.45, 2.75) is 0 Å². The highest BCUT2D eigenvalue weighted by Gasteiger charge is 2.11. The molecular formula is C11H6F3NO. The summed E-state index contributed by atoms with van der Waals surface area (Å²) in [6, 6.07) is 5.81. The number of pyridine rings is 1. The first kappa shape index (κ1) is 10.5. The standard InChI is InChI=1S/C11H6F3NO/c12-7-4-6(5-8(13)11(7)14)9-2-1-3-10(16)15-9/h1-5H,(H,15,16). The molecule has 0 fully saturated rings. The van der Waals surface area contributed by atoms with Gasteiger partial charge in [0.15, 0.2) is 17.5 Å². The van der Waals surface area contributed by atoms with Gasteiger partial charge in [0.05, 0.1) is 0 Å². The van der Waals surface area contributed by atoms with Crippen molar-refractivity contribution in [3.05, 3.63) is 58.1 Å². The Morgan fingerprint density at radius 3 is 2.19 bits per heavy atom. The number of hydrogen-bond acceptors (Lipinski definition) is 1. The first-order valence-electron chi connectivity index (χ1n) is 4.42. The zero-order chi connectivity index (χ0) is 11.7. The maximum absolute atomic E-state index is 12.9. The van der Waals surface area contributed by atoms with Crippen LogP contribution in [-0.4, -0.2) is 4.98 Å². The molecule has 82 valence electrons. The van der Waals surface area contributed by atoms with E-state index in [1.165, 1.54) is 18.2 Å². The van der Waals surface area contributed by atoms with Gasteiger partial charge in [-0.05, 0) is 18.2 Å². The Kier molecular flexibility index (Phi) is 2.52. The maximum Gasteiger partial charge on any atom is 0.248 e. The van der Waals surface area contributed by atoms with Crippen molar-refractivity contribution in [3.8, 4) is 11.3 Å². The molecule has 1 aromatic heterocycles. The lowest BCUT2D eigenvalue weighted by molar-refractivity contribution is 0.447. The Bertz CT molecular complexity index is 569. The number of aromatic nitrogens is 1. The summed E-state index contributed by atoms with van der Waals surface area (Å²) in [6.07, 6.45) is 0. The average Bonchev–Trinajstić information content (AvgIpc) is 2.25. The van der Waals surface area contributed by atoms with Crippen molar-refractivity contribution in [1.82, 2.24) is 4.98 Å². The summed E-state index contributed by atoms with van der Waals surface area (Å²) in [7, 11) is 0. The fraction of sp³-hybridized carbons (Fsp3) is 0. The Hall–Kier alpha value is -2.04. The van der Waals surface area contributed by atoms with Crippen molar-refractivity contribution in [2.75, 3.05) is 0 Å². The summed E-state index contributed by atoms with van der Waals surface area (Å²) in [5, 5.41) is 0. The van der Waals surface area contributed by atoms with Gasteiger partial charge in [0.25, 0.3) is 0 Å². The molecule has 0 bridgehead atoms. The van der Waals surface area contributed by atoms with Crippen LogP contribution in [0.2, 0.25) is 0 Å². The normalized spacial score (nSPS) is 10.4. The van der Waals surface area contributed by atoms with Gasteiger partial charge < -0.3 is 4.98 Å². The van der Waals surface area contributed by atoms with E-state index >= 15 is 0 Å².